The molecule has 27 heavy (non-hydrogen) atoms. The number of halogens is 1. The van der Waals surface area contributed by atoms with Crippen LogP contribution < -0.4 is 10.6 Å². The zero-order chi connectivity index (χ0) is 19.4. The number of hydrogen-bond donors (Lipinski definition) is 2. The summed E-state index contributed by atoms with van der Waals surface area (Å²) in [5, 5.41) is 9.55. The lowest BCUT2D eigenvalue weighted by molar-refractivity contribution is 0.249. The van der Waals surface area contributed by atoms with Crippen LogP contribution in [-0.4, -0.2) is 22.2 Å². The Morgan fingerprint density at radius 1 is 1.19 bits per heavy atom. The van der Waals surface area contributed by atoms with Crippen molar-refractivity contribution >= 4 is 11.7 Å². The fourth-order valence-corrected chi connectivity index (χ4v) is 2.38. The Bertz CT molecular complexity index is 937. The number of amides is 2. The number of hydrogen-bond acceptors (Lipinski definition) is 4. The second-order valence-corrected chi connectivity index (χ2v) is 6.37. The molecule has 0 aliphatic rings. The molecule has 0 bridgehead atoms. The van der Waals surface area contributed by atoms with Crippen LogP contribution in [0.15, 0.2) is 47.0 Å². The lowest BCUT2D eigenvalue weighted by Crippen LogP contribution is -2.35. The maximum absolute atomic E-state index is 13.7. The van der Waals surface area contributed by atoms with Crippen molar-refractivity contribution < 1.29 is 13.7 Å². The zero-order valence-corrected chi connectivity index (χ0v) is 15.4. The predicted octanol–water partition coefficient (Wildman–Crippen LogP) is 4.77. The highest BCUT2D eigenvalue weighted by Gasteiger charge is 2.12. The second kappa shape index (κ2) is 7.99. The first kappa shape index (κ1) is 18.6. The van der Waals surface area contributed by atoms with Gasteiger partial charge in [0.2, 0.25) is 5.82 Å². The van der Waals surface area contributed by atoms with Gasteiger partial charge in [-0.2, -0.15) is 4.98 Å². The Morgan fingerprint density at radius 3 is 2.56 bits per heavy atom. The average molecular weight is 368 g/mol. The van der Waals surface area contributed by atoms with Crippen LogP contribution in [0.1, 0.15) is 25.8 Å². The van der Waals surface area contributed by atoms with Crippen molar-refractivity contribution in [3.63, 3.8) is 0 Å². The smallest absolute Gasteiger partial charge is 0.319 e. The van der Waals surface area contributed by atoms with Gasteiger partial charge in [0.25, 0.3) is 5.89 Å². The lowest BCUT2D eigenvalue weighted by atomic mass is 10.1. The topological polar surface area (TPSA) is 80.0 Å². The number of aryl methyl sites for hydroxylation is 1. The molecule has 0 spiro atoms. The van der Waals surface area contributed by atoms with Gasteiger partial charge in [0, 0.05) is 22.9 Å². The van der Waals surface area contributed by atoms with E-state index in [9.17, 15) is 9.18 Å². The van der Waals surface area contributed by atoms with Crippen molar-refractivity contribution in [2.24, 2.45) is 0 Å². The van der Waals surface area contributed by atoms with Gasteiger partial charge in [0.1, 0.15) is 5.82 Å². The molecule has 2 amide bonds. The van der Waals surface area contributed by atoms with Crippen molar-refractivity contribution in [1.29, 1.82) is 0 Å². The van der Waals surface area contributed by atoms with Gasteiger partial charge in [-0.3, -0.25) is 0 Å². The van der Waals surface area contributed by atoms with Gasteiger partial charge in [-0.05, 0) is 62.2 Å². The molecule has 3 aromatic rings. The highest BCUT2D eigenvalue weighted by atomic mass is 19.1. The molecule has 0 fully saturated rings. The summed E-state index contributed by atoms with van der Waals surface area (Å²) in [6.45, 7) is 5.64. The summed E-state index contributed by atoms with van der Waals surface area (Å²) in [6, 6.07) is 11.7. The number of urea groups is 1. The van der Waals surface area contributed by atoms with Crippen LogP contribution in [0.25, 0.3) is 22.8 Å². The van der Waals surface area contributed by atoms with Crippen molar-refractivity contribution in [3.05, 3.63) is 53.8 Å². The van der Waals surface area contributed by atoms with Crippen LogP contribution in [0.5, 0.6) is 0 Å². The largest absolute Gasteiger partial charge is 0.335 e. The van der Waals surface area contributed by atoms with Crippen molar-refractivity contribution in [1.82, 2.24) is 15.5 Å². The number of anilines is 1. The molecule has 140 valence electrons. The minimum atomic E-state index is -0.321. The first-order valence-corrected chi connectivity index (χ1v) is 8.74. The van der Waals surface area contributed by atoms with Crippen molar-refractivity contribution in [2.75, 3.05) is 5.32 Å². The summed E-state index contributed by atoms with van der Waals surface area (Å²) >= 11 is 0. The van der Waals surface area contributed by atoms with E-state index >= 15 is 0 Å². The minimum Gasteiger partial charge on any atom is -0.335 e. The van der Waals surface area contributed by atoms with E-state index in [0.29, 0.717) is 22.6 Å². The minimum absolute atomic E-state index is 0.105. The molecule has 0 saturated carbocycles. The zero-order valence-electron chi connectivity index (χ0n) is 15.4. The van der Waals surface area contributed by atoms with Crippen molar-refractivity contribution in [3.8, 4) is 22.8 Å². The number of rotatable bonds is 5. The highest BCUT2D eigenvalue weighted by molar-refractivity contribution is 5.89. The number of nitrogens with one attached hydrogen (secondary N) is 2. The van der Waals surface area contributed by atoms with Gasteiger partial charge in [-0.25, -0.2) is 9.18 Å². The lowest BCUT2D eigenvalue weighted by Gasteiger charge is -2.12. The molecule has 0 saturated heterocycles. The number of aromatic nitrogens is 2. The van der Waals surface area contributed by atoms with E-state index in [1.165, 1.54) is 6.07 Å². The maximum atomic E-state index is 13.7. The van der Waals surface area contributed by atoms with Gasteiger partial charge >= 0.3 is 6.03 Å². The van der Waals surface area contributed by atoms with Crippen LogP contribution in [0.3, 0.4) is 0 Å². The Morgan fingerprint density at radius 2 is 1.89 bits per heavy atom. The molecule has 1 heterocycles. The quantitative estimate of drug-likeness (QED) is 0.680. The molecular formula is C20H21FN4O2. The van der Waals surface area contributed by atoms with E-state index in [0.717, 1.165) is 12.0 Å². The maximum Gasteiger partial charge on any atom is 0.319 e. The SMILES string of the molecule is CC[C@H](C)NC(=O)Nc1ccc(-c2noc(-c3ccc(C)c(F)c3)n2)cc1. The van der Waals surface area contributed by atoms with Crippen LogP contribution in [-0.2, 0) is 0 Å². The highest BCUT2D eigenvalue weighted by Crippen LogP contribution is 2.24. The summed E-state index contributed by atoms with van der Waals surface area (Å²) in [5.41, 5.74) is 2.46. The number of benzene rings is 2. The third-order valence-corrected chi connectivity index (χ3v) is 4.24. The third kappa shape index (κ3) is 4.49. The van der Waals surface area contributed by atoms with E-state index in [-0.39, 0.29) is 23.8 Å². The first-order chi connectivity index (χ1) is 13.0. The van der Waals surface area contributed by atoms with E-state index in [4.69, 9.17) is 4.52 Å². The molecule has 0 aliphatic carbocycles. The molecule has 1 aromatic heterocycles. The standard InChI is InChI=1S/C20H21FN4O2/c1-4-13(3)22-20(26)23-16-9-7-14(8-10-16)18-24-19(27-25-18)15-6-5-12(2)17(21)11-15/h5-11,13H,4H2,1-3H3,(H2,22,23,26)/t13-/m0/s1. The van der Waals surface area contributed by atoms with Gasteiger partial charge in [-0.1, -0.05) is 18.1 Å². The number of carbonyl (C=O) groups excluding carboxylic acids is 1. The first-order valence-electron chi connectivity index (χ1n) is 8.74. The third-order valence-electron chi connectivity index (χ3n) is 4.24. The normalized spacial score (nSPS) is 11.9. The molecule has 0 radical (unpaired) electrons. The van der Waals surface area contributed by atoms with E-state index < -0.39 is 0 Å². The Balaban J connectivity index is 1.71. The van der Waals surface area contributed by atoms with Gasteiger partial charge < -0.3 is 15.2 Å². The Labute approximate surface area is 156 Å². The molecular weight excluding hydrogens is 347 g/mol. The molecule has 7 heteroatoms. The van der Waals surface area contributed by atoms with Crippen LogP contribution in [0.4, 0.5) is 14.9 Å². The Hall–Kier alpha value is -3.22. The molecule has 2 aromatic carbocycles. The summed E-state index contributed by atoms with van der Waals surface area (Å²) in [4.78, 5) is 16.2. The summed E-state index contributed by atoms with van der Waals surface area (Å²) in [5.74, 6) is 0.318. The van der Waals surface area contributed by atoms with Crippen LogP contribution in [0, 0.1) is 12.7 Å². The average Bonchev–Trinajstić information content (AvgIpc) is 3.14. The fraction of sp³-hybridized carbons (Fsp3) is 0.250. The van der Waals surface area contributed by atoms with E-state index in [1.54, 1.807) is 43.3 Å². The fourth-order valence-electron chi connectivity index (χ4n) is 2.38. The molecule has 1 atom stereocenters. The number of nitrogens with zero attached hydrogens (tertiary/aromatic N) is 2. The summed E-state index contributed by atoms with van der Waals surface area (Å²) in [6.07, 6.45) is 0.859. The molecule has 0 aliphatic heterocycles. The molecule has 0 unspecified atom stereocenters. The molecule has 2 N–H and O–H groups in total. The van der Waals surface area contributed by atoms with Crippen LogP contribution in [0.2, 0.25) is 0 Å². The van der Waals surface area contributed by atoms with Gasteiger partial charge in [-0.15, -0.1) is 0 Å². The second-order valence-electron chi connectivity index (χ2n) is 6.37. The predicted molar refractivity (Wildman–Crippen MR) is 102 cm³/mol. The summed E-state index contributed by atoms with van der Waals surface area (Å²) in [7, 11) is 0. The monoisotopic (exact) mass is 368 g/mol. The Kier molecular flexibility index (Phi) is 5.49. The van der Waals surface area contributed by atoms with E-state index in [2.05, 4.69) is 20.8 Å². The summed E-state index contributed by atoms with van der Waals surface area (Å²) < 4.78 is 19.0. The van der Waals surface area contributed by atoms with E-state index in [1.807, 2.05) is 13.8 Å². The van der Waals surface area contributed by atoms with Crippen LogP contribution >= 0.6 is 0 Å². The van der Waals surface area contributed by atoms with Crippen molar-refractivity contribution in [2.45, 2.75) is 33.2 Å². The molecule has 3 rings (SSSR count). The van der Waals surface area contributed by atoms with Gasteiger partial charge in [0.15, 0.2) is 0 Å². The molecule has 6 nitrogen and oxygen atoms in total. The van der Waals surface area contributed by atoms with Gasteiger partial charge in [0.05, 0.1) is 0 Å². The number of carbonyl (C=O) groups is 1.